The van der Waals surface area contributed by atoms with Crippen LogP contribution in [0.2, 0.25) is 0 Å². The zero-order valence-corrected chi connectivity index (χ0v) is 46.0. The van der Waals surface area contributed by atoms with Crippen molar-refractivity contribution in [2.45, 2.75) is 316 Å². The second-order valence-corrected chi connectivity index (χ2v) is 20.3. The van der Waals surface area contributed by atoms with Gasteiger partial charge in [0.05, 0.1) is 13.2 Å². The molecule has 0 rings (SSSR count). The van der Waals surface area contributed by atoms with E-state index in [4.69, 9.17) is 18.9 Å². The second-order valence-electron chi connectivity index (χ2n) is 20.3. The predicted molar refractivity (Wildman–Crippen MR) is 286 cm³/mol. The Labute approximate surface area is 426 Å². The van der Waals surface area contributed by atoms with Gasteiger partial charge in [0.1, 0.15) is 12.2 Å². The molecule has 0 aromatic heterocycles. The summed E-state index contributed by atoms with van der Waals surface area (Å²) in [5.41, 5.74) is 0. The fourth-order valence-corrected chi connectivity index (χ4v) is 9.13. The molecule has 0 aliphatic rings. The monoisotopic (exact) mass is 980 g/mol. The molecule has 0 radical (unpaired) electrons. The van der Waals surface area contributed by atoms with Gasteiger partial charge in [0.25, 0.3) is 0 Å². The van der Waals surface area contributed by atoms with Crippen molar-refractivity contribution in [1.82, 2.24) is 4.90 Å². The molecule has 0 aliphatic carbocycles. The first-order valence-corrected chi connectivity index (χ1v) is 29.8. The molecular formula is C59H113NO9. The van der Waals surface area contributed by atoms with Crippen LogP contribution in [0.5, 0.6) is 0 Å². The normalized spacial score (nSPS) is 11.5. The van der Waals surface area contributed by atoms with Crippen molar-refractivity contribution < 1.29 is 43.2 Å². The van der Waals surface area contributed by atoms with E-state index >= 15 is 0 Å². The highest BCUT2D eigenvalue weighted by Crippen LogP contribution is 2.20. The van der Waals surface area contributed by atoms with E-state index in [-0.39, 0.29) is 42.7 Å². The van der Waals surface area contributed by atoms with Gasteiger partial charge in [0.15, 0.2) is 0 Å². The lowest BCUT2D eigenvalue weighted by Gasteiger charge is -2.21. The van der Waals surface area contributed by atoms with Crippen molar-refractivity contribution >= 4 is 23.9 Å². The SMILES string of the molecule is CCCCCCCCC(CCCCCCCC)OC(=O)CCCCCCC(=O)OCCCN(CCCO)CCCOC(=O)CCCCCCC(=O)OC(CCCCCCCC)CCCCCCCC. The number of rotatable bonds is 55. The maximum absolute atomic E-state index is 12.7. The van der Waals surface area contributed by atoms with Crippen LogP contribution in [0.15, 0.2) is 0 Å². The van der Waals surface area contributed by atoms with Crippen LogP contribution in [0, 0.1) is 0 Å². The number of aliphatic hydroxyl groups is 1. The Morgan fingerprint density at radius 2 is 0.594 bits per heavy atom. The minimum atomic E-state index is -0.181. The third-order valence-electron chi connectivity index (χ3n) is 13.5. The van der Waals surface area contributed by atoms with Gasteiger partial charge in [-0.3, -0.25) is 19.2 Å². The number of esters is 4. The quantitative estimate of drug-likeness (QED) is 0.0357. The van der Waals surface area contributed by atoms with E-state index in [1.807, 2.05) is 0 Å². The molecule has 0 spiro atoms. The van der Waals surface area contributed by atoms with Crippen molar-refractivity contribution in [1.29, 1.82) is 0 Å². The van der Waals surface area contributed by atoms with Gasteiger partial charge in [-0.15, -0.1) is 0 Å². The molecule has 408 valence electrons. The van der Waals surface area contributed by atoms with Gasteiger partial charge in [-0.25, -0.2) is 0 Å². The summed E-state index contributed by atoms with van der Waals surface area (Å²) in [5, 5.41) is 9.41. The summed E-state index contributed by atoms with van der Waals surface area (Å²) in [5.74, 6) is -0.501. The lowest BCUT2D eigenvalue weighted by atomic mass is 10.0. The highest BCUT2D eigenvalue weighted by Gasteiger charge is 2.16. The number of ether oxygens (including phenoxy) is 4. The first-order valence-electron chi connectivity index (χ1n) is 29.8. The Kier molecular flexibility index (Phi) is 51.9. The van der Waals surface area contributed by atoms with Crippen molar-refractivity contribution in [3.05, 3.63) is 0 Å². The molecule has 0 aromatic carbocycles. The Balaban J connectivity index is 4.21. The van der Waals surface area contributed by atoms with E-state index in [1.165, 1.54) is 128 Å². The van der Waals surface area contributed by atoms with Crippen LogP contribution in [0.3, 0.4) is 0 Å². The molecule has 1 N–H and O–H groups in total. The number of hydrogen-bond donors (Lipinski definition) is 1. The van der Waals surface area contributed by atoms with Crippen LogP contribution in [-0.4, -0.2) is 85.5 Å². The number of carbonyl (C=O) groups is 4. The van der Waals surface area contributed by atoms with Crippen LogP contribution in [0.25, 0.3) is 0 Å². The molecule has 0 atom stereocenters. The molecule has 0 fully saturated rings. The number of hydrogen-bond acceptors (Lipinski definition) is 10. The zero-order valence-electron chi connectivity index (χ0n) is 46.0. The molecule has 69 heavy (non-hydrogen) atoms. The summed E-state index contributed by atoms with van der Waals surface area (Å²) >= 11 is 0. The molecule has 0 saturated heterocycles. The Morgan fingerprint density at radius 1 is 0.333 bits per heavy atom. The Hall–Kier alpha value is -2.20. The van der Waals surface area contributed by atoms with Crippen LogP contribution in [0.4, 0.5) is 0 Å². The molecule has 0 bridgehead atoms. The highest BCUT2D eigenvalue weighted by molar-refractivity contribution is 5.70. The van der Waals surface area contributed by atoms with Gasteiger partial charge in [0.2, 0.25) is 0 Å². The lowest BCUT2D eigenvalue weighted by molar-refractivity contribution is -0.151. The van der Waals surface area contributed by atoms with Gasteiger partial charge >= 0.3 is 23.9 Å². The molecule has 0 unspecified atom stereocenters. The van der Waals surface area contributed by atoms with Crippen molar-refractivity contribution in [2.75, 3.05) is 39.5 Å². The number of nitrogens with zero attached hydrogens (tertiary/aromatic N) is 1. The van der Waals surface area contributed by atoms with E-state index in [0.29, 0.717) is 58.2 Å². The van der Waals surface area contributed by atoms with E-state index < -0.39 is 0 Å². The Bertz CT molecular complexity index is 1020. The van der Waals surface area contributed by atoms with E-state index in [1.54, 1.807) is 0 Å². The van der Waals surface area contributed by atoms with Gasteiger partial charge in [-0.1, -0.05) is 182 Å². The first kappa shape index (κ1) is 66.8. The molecule has 10 nitrogen and oxygen atoms in total. The fourth-order valence-electron chi connectivity index (χ4n) is 9.13. The predicted octanol–water partition coefficient (Wildman–Crippen LogP) is 16.0. The van der Waals surface area contributed by atoms with Crippen molar-refractivity contribution in [3.63, 3.8) is 0 Å². The molecule has 0 saturated carbocycles. The zero-order chi connectivity index (χ0) is 50.5. The molecular weight excluding hydrogens is 867 g/mol. The fraction of sp³-hybridized carbons (Fsp3) is 0.932. The maximum Gasteiger partial charge on any atom is 0.306 e. The van der Waals surface area contributed by atoms with E-state index in [2.05, 4.69) is 32.6 Å². The van der Waals surface area contributed by atoms with Gasteiger partial charge in [-0.05, 0) is 96.3 Å². The van der Waals surface area contributed by atoms with Crippen molar-refractivity contribution in [3.8, 4) is 0 Å². The largest absolute Gasteiger partial charge is 0.466 e. The molecule has 0 aromatic rings. The van der Waals surface area contributed by atoms with E-state index in [0.717, 1.165) is 122 Å². The molecule has 0 amide bonds. The first-order chi connectivity index (χ1) is 33.8. The van der Waals surface area contributed by atoms with E-state index in [9.17, 15) is 24.3 Å². The summed E-state index contributed by atoms with van der Waals surface area (Å²) in [6.07, 6.45) is 44.4. The van der Waals surface area contributed by atoms with Gasteiger partial charge in [-0.2, -0.15) is 0 Å². The third kappa shape index (κ3) is 49.2. The minimum absolute atomic E-state index is 0.0529. The Morgan fingerprint density at radius 3 is 0.899 bits per heavy atom. The van der Waals surface area contributed by atoms with Crippen LogP contribution >= 0.6 is 0 Å². The smallest absolute Gasteiger partial charge is 0.306 e. The summed E-state index contributed by atoms with van der Waals surface area (Å²) in [6.45, 7) is 12.0. The summed E-state index contributed by atoms with van der Waals surface area (Å²) in [4.78, 5) is 52.5. The van der Waals surface area contributed by atoms with Gasteiger partial charge in [0, 0.05) is 51.9 Å². The maximum atomic E-state index is 12.7. The lowest BCUT2D eigenvalue weighted by Crippen LogP contribution is -2.29. The van der Waals surface area contributed by atoms with Crippen LogP contribution in [-0.2, 0) is 38.1 Å². The molecule has 0 heterocycles. The standard InChI is InChI=1S/C59H113NO9/c1-5-9-13-17-21-29-40-54(41-30-22-18-14-10-6-2)68-58(64)46-35-27-25-33-44-56(62)66-52-38-49-60(48-37-51-61)50-39-53-67-57(63)45-34-26-28-36-47-59(65)69-55(42-31-23-19-15-11-7-3)43-32-24-20-16-12-8-4/h54-55,61H,5-53H2,1-4H3. The summed E-state index contributed by atoms with van der Waals surface area (Å²) in [7, 11) is 0. The second kappa shape index (κ2) is 53.6. The van der Waals surface area contributed by atoms with Crippen LogP contribution in [0.1, 0.15) is 304 Å². The van der Waals surface area contributed by atoms with Crippen LogP contribution < -0.4 is 0 Å². The van der Waals surface area contributed by atoms with Gasteiger partial charge < -0.3 is 29.0 Å². The summed E-state index contributed by atoms with van der Waals surface area (Å²) in [6, 6.07) is 0. The minimum Gasteiger partial charge on any atom is -0.466 e. The average Bonchev–Trinajstić information content (AvgIpc) is 3.34. The number of carbonyl (C=O) groups excluding carboxylic acids is 4. The summed E-state index contributed by atoms with van der Waals surface area (Å²) < 4.78 is 23.0. The topological polar surface area (TPSA) is 129 Å². The molecule has 0 aliphatic heterocycles. The molecule has 10 heteroatoms. The number of unbranched alkanes of at least 4 members (excludes halogenated alkanes) is 26. The average molecular weight is 981 g/mol. The highest BCUT2D eigenvalue weighted by atomic mass is 16.6. The third-order valence-corrected chi connectivity index (χ3v) is 13.5. The van der Waals surface area contributed by atoms with Crippen molar-refractivity contribution in [2.24, 2.45) is 0 Å². The number of aliphatic hydroxyl groups excluding tert-OH is 1.